The molecule has 220 valence electrons. The summed E-state index contributed by atoms with van der Waals surface area (Å²) >= 11 is 0. The molecule has 0 saturated heterocycles. The van der Waals surface area contributed by atoms with E-state index in [-0.39, 0.29) is 25.0 Å². The number of carbonyl (C=O) groups is 1. The van der Waals surface area contributed by atoms with Gasteiger partial charge in [-0.3, -0.25) is 9.78 Å². The van der Waals surface area contributed by atoms with Gasteiger partial charge in [0.05, 0.1) is 13.0 Å². The van der Waals surface area contributed by atoms with E-state index in [1.807, 2.05) is 0 Å². The Bertz CT molecular complexity index is 710. The highest BCUT2D eigenvalue weighted by Crippen LogP contribution is 2.26. The summed E-state index contributed by atoms with van der Waals surface area (Å²) in [6.45, 7) is 10.5. The van der Waals surface area contributed by atoms with Crippen molar-refractivity contribution in [3.05, 3.63) is 30.1 Å². The van der Waals surface area contributed by atoms with Gasteiger partial charge in [0.25, 0.3) is 0 Å². The van der Waals surface area contributed by atoms with Crippen molar-refractivity contribution >= 4 is 14.8 Å². The summed E-state index contributed by atoms with van der Waals surface area (Å²) in [5.74, 6) is -0.354. The van der Waals surface area contributed by atoms with E-state index in [0.717, 1.165) is 5.56 Å². The molecular weight excluding hydrogens is 518 g/mol. The van der Waals surface area contributed by atoms with Crippen LogP contribution < -0.4 is 0 Å². The second-order valence-corrected chi connectivity index (χ2v) is 11.0. The molecule has 0 radical (unpaired) electrons. The average molecular weight is 564 g/mol. The first-order chi connectivity index (χ1) is 18.0. The molecule has 1 aromatic rings. The van der Waals surface area contributed by atoms with E-state index >= 15 is 0 Å². The summed E-state index contributed by atoms with van der Waals surface area (Å²) in [5, 5.41) is 0. The third kappa shape index (κ3) is 14.6. The average Bonchev–Trinajstić information content (AvgIpc) is 2.86. The molecule has 0 spiro atoms. The second kappa shape index (κ2) is 18.7. The van der Waals surface area contributed by atoms with Crippen molar-refractivity contribution in [1.29, 1.82) is 0 Å². The first-order valence-electron chi connectivity index (χ1n) is 12.6. The normalized spacial score (nSPS) is 18.1. The molecule has 12 nitrogen and oxygen atoms in total. The van der Waals surface area contributed by atoms with E-state index in [1.54, 1.807) is 66.1 Å². The van der Waals surface area contributed by atoms with Gasteiger partial charge in [0.2, 0.25) is 0 Å². The Balaban J connectivity index is 3.01. The van der Waals surface area contributed by atoms with E-state index in [1.165, 1.54) is 21.3 Å². The molecule has 0 fully saturated rings. The number of hydrogen-bond donors (Lipinski definition) is 0. The predicted molar refractivity (Wildman–Crippen MR) is 138 cm³/mol. The molecule has 6 atom stereocenters. The summed E-state index contributed by atoms with van der Waals surface area (Å²) in [7, 11) is 0.971. The third-order valence-corrected chi connectivity index (χ3v) is 8.21. The van der Waals surface area contributed by atoms with Crippen LogP contribution in [0.4, 0.5) is 0 Å². The maximum absolute atomic E-state index is 12.3. The van der Waals surface area contributed by atoms with Gasteiger partial charge in [0, 0.05) is 39.8 Å². The fourth-order valence-electron chi connectivity index (χ4n) is 3.27. The van der Waals surface area contributed by atoms with Crippen molar-refractivity contribution < 1.29 is 51.2 Å². The van der Waals surface area contributed by atoms with Crippen LogP contribution in [-0.2, 0) is 57.7 Å². The molecule has 38 heavy (non-hydrogen) atoms. The molecular formula is C25H45NO11Si. The van der Waals surface area contributed by atoms with Crippen LogP contribution in [-0.4, -0.2) is 85.4 Å². The summed E-state index contributed by atoms with van der Waals surface area (Å²) in [4.78, 5) is 16.3. The molecule has 1 heterocycles. The van der Waals surface area contributed by atoms with Crippen molar-refractivity contribution in [2.45, 2.75) is 98.2 Å². The quantitative estimate of drug-likeness (QED) is 0.0939. The molecule has 13 heteroatoms. The Labute approximate surface area is 227 Å². The summed E-state index contributed by atoms with van der Waals surface area (Å²) < 4.78 is 57.1. The topological polar surface area (TPSA) is 122 Å². The van der Waals surface area contributed by atoms with Gasteiger partial charge in [-0.15, -0.1) is 0 Å². The van der Waals surface area contributed by atoms with E-state index in [4.69, 9.17) is 46.4 Å². The van der Waals surface area contributed by atoms with Crippen LogP contribution in [0.25, 0.3) is 0 Å². The van der Waals surface area contributed by atoms with Crippen LogP contribution in [0.15, 0.2) is 24.5 Å². The molecule has 6 unspecified atom stereocenters. The van der Waals surface area contributed by atoms with Crippen LogP contribution in [0.1, 0.15) is 53.5 Å². The number of rotatable bonds is 21. The summed E-state index contributed by atoms with van der Waals surface area (Å²) in [6.07, 6.45) is -0.0817. The van der Waals surface area contributed by atoms with E-state index in [9.17, 15) is 4.79 Å². The first-order valence-corrected chi connectivity index (χ1v) is 14.6. The van der Waals surface area contributed by atoms with Crippen molar-refractivity contribution in [2.75, 3.05) is 27.9 Å². The minimum absolute atomic E-state index is 0.131. The van der Waals surface area contributed by atoms with Crippen LogP contribution >= 0.6 is 0 Å². The van der Waals surface area contributed by atoms with Gasteiger partial charge in [-0.1, -0.05) is 0 Å². The Hall–Kier alpha value is -1.52. The van der Waals surface area contributed by atoms with E-state index in [0.29, 0.717) is 6.42 Å². The van der Waals surface area contributed by atoms with Gasteiger partial charge in [-0.2, -0.15) is 0 Å². The minimum Gasteiger partial charge on any atom is -0.465 e. The smallest absolute Gasteiger partial charge is 0.465 e. The van der Waals surface area contributed by atoms with Crippen LogP contribution in [0, 0.1) is 0 Å². The number of methoxy groups -OCH3 is 3. The largest absolute Gasteiger partial charge is 0.506 e. The first kappa shape index (κ1) is 34.5. The highest BCUT2D eigenvalue weighted by Gasteiger charge is 2.47. The van der Waals surface area contributed by atoms with Gasteiger partial charge in [-0.05, 0) is 65.7 Å². The third-order valence-electron chi connectivity index (χ3n) is 5.17. The molecule has 1 aromatic heterocycles. The lowest BCUT2D eigenvalue weighted by atomic mass is 10.2. The number of nitrogens with zero attached hydrogens (tertiary/aromatic N) is 1. The van der Waals surface area contributed by atoms with E-state index < -0.39 is 46.5 Å². The zero-order chi connectivity index (χ0) is 28.6. The van der Waals surface area contributed by atoms with Crippen molar-refractivity contribution in [2.24, 2.45) is 0 Å². The zero-order valence-electron chi connectivity index (χ0n) is 24.0. The van der Waals surface area contributed by atoms with Crippen LogP contribution in [0.2, 0.25) is 6.04 Å². The molecule has 0 aliphatic rings. The van der Waals surface area contributed by atoms with Crippen molar-refractivity contribution in [3.8, 4) is 0 Å². The summed E-state index contributed by atoms with van der Waals surface area (Å²) in [6, 6.07) is 3.80. The zero-order valence-corrected chi connectivity index (χ0v) is 25.0. The summed E-state index contributed by atoms with van der Waals surface area (Å²) in [5.41, 5.74) is 0.818. The fraction of sp³-hybridized carbons (Fsp3) is 0.760. The Morgan fingerprint density at radius 2 is 1.16 bits per heavy atom. The number of hydrogen-bond acceptors (Lipinski definition) is 12. The van der Waals surface area contributed by atoms with Crippen molar-refractivity contribution in [1.82, 2.24) is 4.98 Å². The van der Waals surface area contributed by atoms with Gasteiger partial charge in [0.15, 0.2) is 37.7 Å². The van der Waals surface area contributed by atoms with Crippen molar-refractivity contribution in [3.63, 3.8) is 0 Å². The lowest BCUT2D eigenvalue weighted by Crippen LogP contribution is -2.53. The highest BCUT2D eigenvalue weighted by molar-refractivity contribution is 6.60. The Morgan fingerprint density at radius 1 is 0.737 bits per heavy atom. The minimum atomic E-state index is -3.61. The molecule has 0 aromatic carbocycles. The number of esters is 1. The molecule has 0 aliphatic carbocycles. The van der Waals surface area contributed by atoms with Gasteiger partial charge >= 0.3 is 14.8 Å². The number of carbonyl (C=O) groups excluding carboxylic acids is 1. The molecule has 0 aliphatic heterocycles. The lowest BCUT2D eigenvalue weighted by Gasteiger charge is -2.37. The number of pyridine rings is 1. The molecule has 0 amide bonds. The van der Waals surface area contributed by atoms with Gasteiger partial charge < -0.3 is 46.4 Å². The van der Waals surface area contributed by atoms with Gasteiger partial charge in [0.1, 0.15) is 0 Å². The van der Waals surface area contributed by atoms with Crippen LogP contribution in [0.3, 0.4) is 0 Å². The molecule has 1 rings (SSSR count). The number of aromatic nitrogens is 1. The standard InChI is InChI=1S/C25H45NO11Si/c1-18(28-7)32-21(4)35-38(36-22(5)33-19(2)29-8,37-23(6)34-20(3)30-9)16-10-15-31-25(27)17-24-11-13-26-14-12-24/h11-14,18-23H,10,15-17H2,1-9H3. The maximum atomic E-state index is 12.3. The predicted octanol–water partition coefficient (Wildman–Crippen LogP) is 3.61. The SMILES string of the molecule is COC(C)OC(C)O[Si](CCCOC(=O)Cc1ccncc1)(OC(C)OC(C)OC)OC(C)OC(C)OC. The monoisotopic (exact) mass is 563 g/mol. The number of ether oxygens (including phenoxy) is 7. The van der Waals surface area contributed by atoms with Crippen LogP contribution in [0.5, 0.6) is 0 Å². The fourth-order valence-corrected chi connectivity index (χ4v) is 6.05. The second-order valence-electron chi connectivity index (χ2n) is 8.41. The van der Waals surface area contributed by atoms with Gasteiger partial charge in [-0.25, -0.2) is 0 Å². The molecule has 0 bridgehead atoms. The van der Waals surface area contributed by atoms with E-state index in [2.05, 4.69) is 4.98 Å². The molecule has 0 saturated carbocycles. The lowest BCUT2D eigenvalue weighted by molar-refractivity contribution is -0.252. The Morgan fingerprint density at radius 3 is 1.55 bits per heavy atom. The molecule has 0 N–H and O–H groups in total. The maximum Gasteiger partial charge on any atom is 0.506 e. The highest BCUT2D eigenvalue weighted by atomic mass is 28.4. The Kier molecular flexibility index (Phi) is 17.0.